The Balaban J connectivity index is 1.51. The molecule has 0 unspecified atom stereocenters. The number of nitrogens with zero attached hydrogens (tertiary/aromatic N) is 5. The highest BCUT2D eigenvalue weighted by Crippen LogP contribution is 2.28. The van der Waals surface area contributed by atoms with Crippen molar-refractivity contribution in [1.29, 1.82) is 0 Å². The van der Waals surface area contributed by atoms with Crippen LogP contribution in [0.5, 0.6) is 6.01 Å². The Labute approximate surface area is 174 Å². The average molecular weight is 409 g/mol. The van der Waals surface area contributed by atoms with Crippen LogP contribution in [0.2, 0.25) is 0 Å². The lowest BCUT2D eigenvalue weighted by Gasteiger charge is -2.37. The fourth-order valence-corrected chi connectivity index (χ4v) is 3.52. The van der Waals surface area contributed by atoms with Crippen molar-refractivity contribution in [1.82, 2.24) is 9.97 Å². The summed E-state index contributed by atoms with van der Waals surface area (Å²) in [7, 11) is 1.63. The van der Waals surface area contributed by atoms with Gasteiger partial charge in [-0.3, -0.25) is 10.1 Å². The van der Waals surface area contributed by atoms with E-state index in [4.69, 9.17) is 9.47 Å². The van der Waals surface area contributed by atoms with Crippen molar-refractivity contribution < 1.29 is 14.4 Å². The Morgan fingerprint density at radius 2 is 1.67 bits per heavy atom. The number of ether oxygens (including phenoxy) is 2. The van der Waals surface area contributed by atoms with Gasteiger partial charge in [-0.05, 0) is 24.3 Å². The summed E-state index contributed by atoms with van der Waals surface area (Å²) in [6.07, 6.45) is 0. The number of fused-ring (bicyclic) bond motifs is 1. The third-order valence-electron chi connectivity index (χ3n) is 5.09. The topological polar surface area (TPSA) is 93.9 Å². The van der Waals surface area contributed by atoms with E-state index >= 15 is 0 Å². The molecule has 9 heteroatoms. The van der Waals surface area contributed by atoms with Crippen molar-refractivity contribution in [2.24, 2.45) is 0 Å². The van der Waals surface area contributed by atoms with Crippen LogP contribution in [0.1, 0.15) is 0 Å². The molecule has 0 N–H and O–H groups in total. The Kier molecular flexibility index (Phi) is 5.89. The third-order valence-corrected chi connectivity index (χ3v) is 5.09. The molecule has 0 bridgehead atoms. The number of hydrogen-bond acceptors (Lipinski definition) is 8. The molecule has 0 aliphatic carbocycles. The minimum atomic E-state index is -0.381. The van der Waals surface area contributed by atoms with Gasteiger partial charge in [-0.2, -0.15) is 9.97 Å². The fraction of sp³-hybridized carbons (Fsp3) is 0.333. The minimum absolute atomic E-state index is 0.103. The van der Waals surface area contributed by atoms with E-state index in [1.165, 1.54) is 0 Å². The van der Waals surface area contributed by atoms with E-state index in [1.807, 2.05) is 24.3 Å². The Morgan fingerprint density at radius 3 is 2.37 bits per heavy atom. The third kappa shape index (κ3) is 4.25. The van der Waals surface area contributed by atoms with Gasteiger partial charge in [-0.15, -0.1) is 0 Å². The van der Waals surface area contributed by atoms with Crippen molar-refractivity contribution >= 4 is 28.1 Å². The first-order valence-electron chi connectivity index (χ1n) is 9.78. The van der Waals surface area contributed by atoms with E-state index in [2.05, 4.69) is 19.8 Å². The maximum atomic E-state index is 10.9. The van der Waals surface area contributed by atoms with Crippen molar-refractivity contribution in [3.8, 4) is 6.01 Å². The molecular formula is C21H23N5O4. The summed E-state index contributed by atoms with van der Waals surface area (Å²) in [5.41, 5.74) is 1.93. The fourth-order valence-electron chi connectivity index (χ4n) is 3.52. The minimum Gasteiger partial charge on any atom is -0.461 e. The Hall–Kier alpha value is -3.46. The van der Waals surface area contributed by atoms with Crippen molar-refractivity contribution in [2.75, 3.05) is 56.3 Å². The second-order valence-corrected chi connectivity index (χ2v) is 6.94. The summed E-state index contributed by atoms with van der Waals surface area (Å²) in [6, 6.07) is 14.9. The molecule has 2 heterocycles. The number of nitro benzene ring substituents is 1. The van der Waals surface area contributed by atoms with Crippen LogP contribution in [0.25, 0.3) is 10.9 Å². The monoisotopic (exact) mass is 409 g/mol. The van der Waals surface area contributed by atoms with E-state index in [9.17, 15) is 10.1 Å². The molecule has 0 spiro atoms. The first kappa shape index (κ1) is 19.8. The molecule has 0 atom stereocenters. The van der Waals surface area contributed by atoms with Crippen LogP contribution in [-0.2, 0) is 4.74 Å². The molecule has 30 heavy (non-hydrogen) atoms. The lowest BCUT2D eigenvalue weighted by molar-refractivity contribution is -0.384. The van der Waals surface area contributed by atoms with Crippen LogP contribution >= 0.6 is 0 Å². The number of hydrogen-bond donors (Lipinski definition) is 0. The van der Waals surface area contributed by atoms with Gasteiger partial charge < -0.3 is 19.3 Å². The highest BCUT2D eigenvalue weighted by atomic mass is 16.6. The molecule has 1 saturated heterocycles. The zero-order valence-electron chi connectivity index (χ0n) is 16.7. The zero-order chi connectivity index (χ0) is 20.9. The molecule has 0 amide bonds. The largest absolute Gasteiger partial charge is 0.461 e. The second kappa shape index (κ2) is 8.91. The van der Waals surface area contributed by atoms with Gasteiger partial charge in [0.2, 0.25) is 0 Å². The van der Waals surface area contributed by atoms with E-state index in [0.717, 1.165) is 48.6 Å². The lowest BCUT2D eigenvalue weighted by atomic mass is 10.2. The number of rotatable bonds is 7. The molecular weight excluding hydrogens is 386 g/mol. The van der Waals surface area contributed by atoms with E-state index < -0.39 is 0 Å². The number of benzene rings is 2. The molecule has 156 valence electrons. The van der Waals surface area contributed by atoms with Gasteiger partial charge >= 0.3 is 6.01 Å². The lowest BCUT2D eigenvalue weighted by Crippen LogP contribution is -2.47. The van der Waals surface area contributed by atoms with Gasteiger partial charge in [0.1, 0.15) is 12.4 Å². The molecule has 2 aromatic carbocycles. The van der Waals surface area contributed by atoms with E-state index in [1.54, 1.807) is 31.4 Å². The smallest absolute Gasteiger partial charge is 0.319 e. The summed E-state index contributed by atoms with van der Waals surface area (Å²) in [6.45, 7) is 3.98. The van der Waals surface area contributed by atoms with Gasteiger partial charge in [0.05, 0.1) is 17.0 Å². The predicted molar refractivity (Wildman–Crippen MR) is 114 cm³/mol. The van der Waals surface area contributed by atoms with Gasteiger partial charge in [-0.25, -0.2) is 0 Å². The molecule has 4 rings (SSSR count). The van der Waals surface area contributed by atoms with Gasteiger partial charge in [0.15, 0.2) is 0 Å². The Morgan fingerprint density at radius 1 is 0.967 bits per heavy atom. The van der Waals surface area contributed by atoms with Gasteiger partial charge in [-0.1, -0.05) is 12.1 Å². The Bertz CT molecular complexity index is 1020. The predicted octanol–water partition coefficient (Wildman–Crippen LogP) is 2.89. The summed E-state index contributed by atoms with van der Waals surface area (Å²) in [5.74, 6) is 0.858. The molecule has 9 nitrogen and oxygen atoms in total. The quantitative estimate of drug-likeness (QED) is 0.334. The normalized spacial score (nSPS) is 14.2. The molecule has 1 aliphatic rings. The van der Waals surface area contributed by atoms with Crippen LogP contribution in [-0.4, -0.2) is 61.4 Å². The summed E-state index contributed by atoms with van der Waals surface area (Å²) < 4.78 is 10.7. The van der Waals surface area contributed by atoms with Crippen LogP contribution in [0.4, 0.5) is 17.2 Å². The molecule has 0 saturated carbocycles. The van der Waals surface area contributed by atoms with Gasteiger partial charge in [0, 0.05) is 56.5 Å². The summed E-state index contributed by atoms with van der Waals surface area (Å²) in [4.78, 5) is 24.1. The van der Waals surface area contributed by atoms with E-state index in [-0.39, 0.29) is 10.6 Å². The van der Waals surface area contributed by atoms with Crippen LogP contribution in [0, 0.1) is 10.1 Å². The maximum absolute atomic E-state index is 10.9. The number of para-hydroxylation sites is 1. The van der Waals surface area contributed by atoms with Crippen molar-refractivity contribution in [3.63, 3.8) is 0 Å². The number of methoxy groups -OCH3 is 1. The summed E-state index contributed by atoms with van der Waals surface area (Å²) >= 11 is 0. The molecule has 1 aromatic heterocycles. The second-order valence-electron chi connectivity index (χ2n) is 6.94. The highest BCUT2D eigenvalue weighted by Gasteiger charge is 2.22. The highest BCUT2D eigenvalue weighted by molar-refractivity contribution is 5.90. The molecule has 0 radical (unpaired) electrons. The number of anilines is 2. The zero-order valence-corrected chi connectivity index (χ0v) is 16.7. The number of piperazine rings is 1. The molecule has 1 fully saturated rings. The van der Waals surface area contributed by atoms with Crippen LogP contribution < -0.4 is 14.5 Å². The standard InChI is InChI=1S/C21H23N5O4/c1-29-14-15-30-21-22-19-5-3-2-4-18(19)20(23-21)25-12-10-24(11-13-25)16-6-8-17(9-7-16)26(27)28/h2-9H,10-15H2,1H3. The first-order valence-corrected chi connectivity index (χ1v) is 9.78. The van der Waals surface area contributed by atoms with E-state index in [0.29, 0.717) is 19.2 Å². The molecule has 1 aliphatic heterocycles. The SMILES string of the molecule is COCCOc1nc(N2CCN(c3ccc([N+](=O)[O-])cc3)CC2)c2ccccc2n1. The van der Waals surface area contributed by atoms with Crippen LogP contribution in [0.3, 0.4) is 0 Å². The van der Waals surface area contributed by atoms with Crippen molar-refractivity contribution in [2.45, 2.75) is 0 Å². The summed E-state index contributed by atoms with van der Waals surface area (Å²) in [5, 5.41) is 11.8. The molecule has 3 aromatic rings. The maximum Gasteiger partial charge on any atom is 0.319 e. The average Bonchev–Trinajstić information content (AvgIpc) is 2.79. The van der Waals surface area contributed by atoms with Gasteiger partial charge in [0.25, 0.3) is 5.69 Å². The first-order chi connectivity index (χ1) is 14.7. The number of non-ortho nitro benzene ring substituents is 1. The van der Waals surface area contributed by atoms with Crippen LogP contribution in [0.15, 0.2) is 48.5 Å². The number of aromatic nitrogens is 2. The van der Waals surface area contributed by atoms with Crippen molar-refractivity contribution in [3.05, 3.63) is 58.6 Å². The number of nitro groups is 1.